The van der Waals surface area contributed by atoms with Crippen molar-refractivity contribution in [2.75, 3.05) is 16.8 Å². The van der Waals surface area contributed by atoms with Gasteiger partial charge in [-0.25, -0.2) is 0 Å². The van der Waals surface area contributed by atoms with Gasteiger partial charge in [-0.15, -0.1) is 0 Å². The lowest BCUT2D eigenvalue weighted by molar-refractivity contribution is 0.636. The zero-order chi connectivity index (χ0) is 32.5. The van der Waals surface area contributed by atoms with Crippen molar-refractivity contribution >= 4 is 17.1 Å². The zero-order valence-corrected chi connectivity index (χ0v) is 28.2. The van der Waals surface area contributed by atoms with E-state index < -0.39 is 0 Å². The molecule has 0 aromatic heterocycles. The number of fused-ring (bicyclic) bond motifs is 1. The van der Waals surface area contributed by atoms with Crippen LogP contribution in [-0.4, -0.2) is 7.05 Å². The molecule has 2 aliphatic rings. The van der Waals surface area contributed by atoms with Crippen molar-refractivity contribution in [2.45, 2.75) is 58.3 Å². The molecule has 0 spiro atoms. The lowest BCUT2D eigenvalue weighted by Gasteiger charge is -2.29. The van der Waals surface area contributed by atoms with Gasteiger partial charge in [-0.1, -0.05) is 131 Å². The molecule has 4 aromatic rings. The molecule has 1 aliphatic heterocycles. The van der Waals surface area contributed by atoms with Gasteiger partial charge in [0.1, 0.15) is 0 Å². The summed E-state index contributed by atoms with van der Waals surface area (Å²) >= 11 is 0. The van der Waals surface area contributed by atoms with Gasteiger partial charge in [0, 0.05) is 40.6 Å². The van der Waals surface area contributed by atoms with Crippen LogP contribution in [0.25, 0.3) is 0 Å². The molecule has 0 radical (unpaired) electrons. The average molecular weight is 603 g/mol. The standard InChI is InChI=1S/C44H46N2/c1-32-18-14-15-23-38(32)43(3,4)33(2)26-27-34-28-29-35(30-31-41-44(5,6)39-24-16-17-25-40(39)45(41)7)42(34)46(36-19-10-8-11-20-36)37-21-12-9-13-22-37/h8-27,30-31H,2,28-29H2,1,3-7H3/b27-26+,35-30+,41-31+. The molecule has 0 atom stereocenters. The molecule has 1 aliphatic carbocycles. The summed E-state index contributed by atoms with van der Waals surface area (Å²) in [5.74, 6) is 0. The van der Waals surface area contributed by atoms with Gasteiger partial charge < -0.3 is 9.80 Å². The Balaban J connectivity index is 1.47. The van der Waals surface area contributed by atoms with Crippen LogP contribution in [0.1, 0.15) is 57.2 Å². The third-order valence-electron chi connectivity index (χ3n) is 10.0. The Morgan fingerprint density at radius 2 is 1.37 bits per heavy atom. The molecule has 4 aromatic carbocycles. The molecule has 1 heterocycles. The minimum absolute atomic E-state index is 0.0783. The number of aryl methyl sites for hydroxylation is 1. The number of nitrogens with zero attached hydrogens (tertiary/aromatic N) is 2. The van der Waals surface area contributed by atoms with Gasteiger partial charge in [-0.3, -0.25) is 0 Å². The molecule has 46 heavy (non-hydrogen) atoms. The first-order valence-corrected chi connectivity index (χ1v) is 16.4. The molecule has 0 unspecified atom stereocenters. The lowest BCUT2D eigenvalue weighted by atomic mass is 9.76. The first kappa shape index (κ1) is 31.2. The number of likely N-dealkylation sites (N-methyl/N-ethyl adjacent to an activating group) is 1. The van der Waals surface area contributed by atoms with Crippen molar-refractivity contribution < 1.29 is 0 Å². The molecule has 0 saturated heterocycles. The fraction of sp³-hybridized carbons (Fsp3) is 0.227. The molecule has 2 heteroatoms. The van der Waals surface area contributed by atoms with Gasteiger partial charge in [0.2, 0.25) is 0 Å². The molecule has 0 amide bonds. The Morgan fingerprint density at radius 1 is 0.783 bits per heavy atom. The normalized spacial score (nSPS) is 17.7. The van der Waals surface area contributed by atoms with E-state index in [4.69, 9.17) is 0 Å². The van der Waals surface area contributed by atoms with Gasteiger partial charge in [0.25, 0.3) is 0 Å². The largest absolute Gasteiger partial charge is 0.347 e. The van der Waals surface area contributed by atoms with E-state index >= 15 is 0 Å². The fourth-order valence-electron chi connectivity index (χ4n) is 7.22. The molecular weight excluding hydrogens is 556 g/mol. The number of allylic oxidation sites excluding steroid dienone is 8. The molecule has 0 fully saturated rings. The minimum Gasteiger partial charge on any atom is -0.347 e. The molecule has 0 bridgehead atoms. The van der Waals surface area contributed by atoms with Gasteiger partial charge in [-0.05, 0) is 89.6 Å². The van der Waals surface area contributed by atoms with Crippen molar-refractivity contribution in [2.24, 2.45) is 0 Å². The molecular formula is C44H46N2. The summed E-state index contributed by atoms with van der Waals surface area (Å²) in [6.07, 6.45) is 11.2. The topological polar surface area (TPSA) is 6.48 Å². The van der Waals surface area contributed by atoms with Gasteiger partial charge in [0.15, 0.2) is 0 Å². The van der Waals surface area contributed by atoms with E-state index in [0.29, 0.717) is 0 Å². The summed E-state index contributed by atoms with van der Waals surface area (Å²) in [4.78, 5) is 4.79. The van der Waals surface area contributed by atoms with Crippen LogP contribution < -0.4 is 9.80 Å². The van der Waals surface area contributed by atoms with Crippen LogP contribution in [0.2, 0.25) is 0 Å². The molecule has 6 rings (SSSR count). The van der Waals surface area contributed by atoms with Gasteiger partial charge in [-0.2, -0.15) is 0 Å². The smallest absolute Gasteiger partial charge is 0.0525 e. The van der Waals surface area contributed by atoms with Crippen LogP contribution in [0.4, 0.5) is 17.1 Å². The predicted octanol–water partition coefficient (Wildman–Crippen LogP) is 11.5. The monoisotopic (exact) mass is 602 g/mol. The molecule has 0 saturated carbocycles. The Labute approximate surface area is 276 Å². The Kier molecular flexibility index (Phi) is 8.49. The van der Waals surface area contributed by atoms with Gasteiger partial charge in [0.05, 0.1) is 5.70 Å². The number of hydrogen-bond acceptors (Lipinski definition) is 2. The number of hydrogen-bond donors (Lipinski definition) is 0. The SMILES string of the molecule is C=C(/C=C/C1=C(N(c2ccccc2)c2ccccc2)C(=C/C=C2/N(C)c3ccccc3C2(C)C)/CC1)C(C)(C)c1ccccc1C. The highest BCUT2D eigenvalue weighted by Gasteiger charge is 2.38. The predicted molar refractivity (Wildman–Crippen MR) is 198 cm³/mol. The van der Waals surface area contributed by atoms with Crippen LogP contribution in [0.3, 0.4) is 0 Å². The second kappa shape index (κ2) is 12.5. The quantitative estimate of drug-likeness (QED) is 0.185. The van der Waals surface area contributed by atoms with E-state index in [0.717, 1.165) is 29.8 Å². The van der Waals surface area contributed by atoms with Crippen LogP contribution in [-0.2, 0) is 10.8 Å². The average Bonchev–Trinajstić information content (AvgIpc) is 3.54. The van der Waals surface area contributed by atoms with Crippen molar-refractivity contribution in [1.82, 2.24) is 0 Å². The Morgan fingerprint density at radius 3 is 2.00 bits per heavy atom. The summed E-state index contributed by atoms with van der Waals surface area (Å²) in [5, 5.41) is 0. The van der Waals surface area contributed by atoms with E-state index in [1.54, 1.807) is 0 Å². The molecule has 2 nitrogen and oxygen atoms in total. The number of anilines is 3. The van der Waals surface area contributed by atoms with E-state index in [-0.39, 0.29) is 10.8 Å². The highest BCUT2D eigenvalue weighted by Crippen LogP contribution is 2.47. The van der Waals surface area contributed by atoms with Gasteiger partial charge >= 0.3 is 0 Å². The summed E-state index contributed by atoms with van der Waals surface area (Å²) in [6, 6.07) is 39.0. The third kappa shape index (κ3) is 5.69. The summed E-state index contributed by atoms with van der Waals surface area (Å²) in [5.41, 5.74) is 13.6. The van der Waals surface area contributed by atoms with Crippen LogP contribution in [0.5, 0.6) is 0 Å². The summed E-state index contributed by atoms with van der Waals surface area (Å²) in [6.45, 7) is 16.0. The zero-order valence-electron chi connectivity index (χ0n) is 28.2. The second-order valence-corrected chi connectivity index (χ2v) is 13.6. The highest BCUT2D eigenvalue weighted by atomic mass is 15.2. The first-order valence-electron chi connectivity index (χ1n) is 16.4. The van der Waals surface area contributed by atoms with Crippen molar-refractivity contribution in [3.05, 3.63) is 185 Å². The van der Waals surface area contributed by atoms with E-state index in [1.807, 2.05) is 0 Å². The summed E-state index contributed by atoms with van der Waals surface area (Å²) < 4.78 is 0. The Bertz CT molecular complexity index is 1830. The van der Waals surface area contributed by atoms with Crippen molar-refractivity contribution in [1.29, 1.82) is 0 Å². The maximum absolute atomic E-state index is 4.59. The van der Waals surface area contributed by atoms with Crippen LogP contribution >= 0.6 is 0 Å². The van der Waals surface area contributed by atoms with E-state index in [9.17, 15) is 0 Å². The number of benzene rings is 4. The van der Waals surface area contributed by atoms with E-state index in [2.05, 4.69) is 192 Å². The van der Waals surface area contributed by atoms with Crippen LogP contribution in [0, 0.1) is 6.92 Å². The Hall–Kier alpha value is -4.82. The maximum Gasteiger partial charge on any atom is 0.0525 e. The lowest BCUT2D eigenvalue weighted by Crippen LogP contribution is -2.22. The number of para-hydroxylation sites is 3. The fourth-order valence-corrected chi connectivity index (χ4v) is 7.22. The third-order valence-corrected chi connectivity index (χ3v) is 10.0. The van der Waals surface area contributed by atoms with E-state index in [1.165, 1.54) is 44.9 Å². The molecule has 0 N–H and O–H groups in total. The summed E-state index contributed by atoms with van der Waals surface area (Å²) in [7, 11) is 2.19. The highest BCUT2D eigenvalue weighted by molar-refractivity contribution is 5.75. The minimum atomic E-state index is -0.184. The first-order chi connectivity index (χ1) is 22.1. The number of rotatable bonds is 8. The maximum atomic E-state index is 4.59. The van der Waals surface area contributed by atoms with Crippen molar-refractivity contribution in [3.63, 3.8) is 0 Å². The second-order valence-electron chi connectivity index (χ2n) is 13.6. The van der Waals surface area contributed by atoms with Crippen LogP contribution in [0.15, 0.2) is 168 Å². The van der Waals surface area contributed by atoms with Crippen molar-refractivity contribution in [3.8, 4) is 0 Å². The molecule has 232 valence electrons.